The van der Waals surface area contributed by atoms with E-state index in [1.54, 1.807) is 0 Å². The van der Waals surface area contributed by atoms with Crippen LogP contribution in [0.15, 0.2) is 34.9 Å². The predicted molar refractivity (Wildman–Crippen MR) is 77.8 cm³/mol. The Morgan fingerprint density at radius 3 is 2.59 bits per heavy atom. The zero-order valence-electron chi connectivity index (χ0n) is 11.1. The fourth-order valence-electron chi connectivity index (χ4n) is 2.37. The SMILES string of the molecule is [B]C1(O)c2ncccc2C(=O)N1Cc1c(F)cc(Br)cc1F. The second-order valence-corrected chi connectivity index (χ2v) is 5.78. The molecule has 4 nitrogen and oxygen atoms in total. The van der Waals surface area contributed by atoms with Gasteiger partial charge >= 0.3 is 0 Å². The first kappa shape index (κ1) is 15.1. The summed E-state index contributed by atoms with van der Waals surface area (Å²) in [7, 11) is 5.75. The Morgan fingerprint density at radius 1 is 1.36 bits per heavy atom. The number of pyridine rings is 1. The summed E-state index contributed by atoms with van der Waals surface area (Å²) >= 11 is 2.97. The van der Waals surface area contributed by atoms with Gasteiger partial charge in [-0.25, -0.2) is 8.78 Å². The van der Waals surface area contributed by atoms with Crippen LogP contribution in [-0.4, -0.2) is 28.7 Å². The molecule has 0 fully saturated rings. The molecule has 1 N–H and O–H groups in total. The highest BCUT2D eigenvalue weighted by atomic mass is 79.9. The lowest BCUT2D eigenvalue weighted by atomic mass is 9.87. The molecule has 2 aromatic rings. The van der Waals surface area contributed by atoms with Crippen LogP contribution in [0.4, 0.5) is 8.78 Å². The highest BCUT2D eigenvalue weighted by Gasteiger charge is 2.45. The maximum atomic E-state index is 13.9. The van der Waals surface area contributed by atoms with Crippen LogP contribution in [0.5, 0.6) is 0 Å². The number of halogens is 3. The van der Waals surface area contributed by atoms with Gasteiger partial charge in [0.2, 0.25) is 0 Å². The summed E-state index contributed by atoms with van der Waals surface area (Å²) in [6.07, 6.45) is 1.37. The second-order valence-electron chi connectivity index (χ2n) is 4.86. The highest BCUT2D eigenvalue weighted by molar-refractivity contribution is 9.10. The van der Waals surface area contributed by atoms with E-state index >= 15 is 0 Å². The smallest absolute Gasteiger partial charge is 0.258 e. The molecule has 22 heavy (non-hydrogen) atoms. The third-order valence-electron chi connectivity index (χ3n) is 3.47. The molecule has 1 unspecified atom stereocenters. The zero-order chi connectivity index (χ0) is 16.1. The van der Waals surface area contributed by atoms with E-state index in [-0.39, 0.29) is 21.3 Å². The van der Waals surface area contributed by atoms with E-state index in [2.05, 4.69) is 20.9 Å². The van der Waals surface area contributed by atoms with Crippen LogP contribution in [0.2, 0.25) is 0 Å². The molecule has 0 saturated heterocycles. The van der Waals surface area contributed by atoms with Gasteiger partial charge < -0.3 is 10.0 Å². The zero-order valence-corrected chi connectivity index (χ0v) is 12.6. The van der Waals surface area contributed by atoms with Crippen molar-refractivity contribution in [3.05, 3.63) is 63.4 Å². The van der Waals surface area contributed by atoms with Crippen molar-refractivity contribution >= 4 is 29.7 Å². The van der Waals surface area contributed by atoms with Gasteiger partial charge in [-0.3, -0.25) is 9.78 Å². The molecule has 1 aliphatic heterocycles. The van der Waals surface area contributed by atoms with Gasteiger partial charge in [0.1, 0.15) is 17.3 Å². The molecule has 1 aromatic heterocycles. The van der Waals surface area contributed by atoms with Gasteiger partial charge in [0, 0.05) is 16.2 Å². The molecule has 2 radical (unpaired) electrons. The first-order valence-electron chi connectivity index (χ1n) is 6.24. The van der Waals surface area contributed by atoms with Gasteiger partial charge in [0.15, 0.2) is 7.85 Å². The number of rotatable bonds is 2. The van der Waals surface area contributed by atoms with Gasteiger partial charge in [-0.1, -0.05) is 15.9 Å². The average Bonchev–Trinajstić information content (AvgIpc) is 2.63. The van der Waals surface area contributed by atoms with Gasteiger partial charge in [-0.15, -0.1) is 0 Å². The quantitative estimate of drug-likeness (QED) is 0.830. The molecular formula is C14H8BBrF2N2O2. The van der Waals surface area contributed by atoms with E-state index < -0.39 is 29.7 Å². The molecule has 1 aliphatic rings. The van der Waals surface area contributed by atoms with E-state index in [1.807, 2.05) is 0 Å². The molecule has 110 valence electrons. The molecule has 3 rings (SSSR count). The van der Waals surface area contributed by atoms with Crippen LogP contribution in [0.1, 0.15) is 21.6 Å². The molecule has 0 spiro atoms. The summed E-state index contributed by atoms with van der Waals surface area (Å²) in [5, 5.41) is 10.3. The predicted octanol–water partition coefficient (Wildman–Crippen LogP) is 2.05. The van der Waals surface area contributed by atoms with Gasteiger partial charge in [-0.2, -0.15) is 0 Å². The normalized spacial score (nSPS) is 20.4. The van der Waals surface area contributed by atoms with Crippen LogP contribution >= 0.6 is 15.9 Å². The number of aromatic nitrogens is 1. The van der Waals surface area contributed by atoms with Crippen LogP contribution in [0.25, 0.3) is 0 Å². The Bertz CT molecular complexity index is 762. The van der Waals surface area contributed by atoms with Crippen molar-refractivity contribution in [1.82, 2.24) is 9.88 Å². The van der Waals surface area contributed by atoms with Crippen molar-refractivity contribution in [2.45, 2.75) is 12.2 Å². The number of hydrogen-bond acceptors (Lipinski definition) is 3. The van der Waals surface area contributed by atoms with E-state index in [0.717, 1.165) is 17.0 Å². The molecular weight excluding hydrogens is 357 g/mol. The van der Waals surface area contributed by atoms with Crippen LogP contribution < -0.4 is 0 Å². The molecule has 1 aromatic carbocycles. The summed E-state index contributed by atoms with van der Waals surface area (Å²) in [6.45, 7) is -0.521. The van der Waals surface area contributed by atoms with E-state index in [0.29, 0.717) is 0 Å². The van der Waals surface area contributed by atoms with Crippen LogP contribution in [-0.2, 0) is 12.2 Å². The highest BCUT2D eigenvalue weighted by Crippen LogP contribution is 2.35. The standard InChI is InChI=1S/C14H8BBrF2N2O2/c15-14(22)12-8(2-1-3-19-12)13(21)20(14)6-9-10(17)4-7(16)5-11(9)18/h1-5,22H,6H2. The lowest BCUT2D eigenvalue weighted by Crippen LogP contribution is -2.44. The summed E-state index contributed by atoms with van der Waals surface area (Å²) in [5.41, 5.74) is -2.53. The minimum Gasteiger partial charge on any atom is -0.374 e. The minimum absolute atomic E-state index is 0.0436. The molecule has 0 aliphatic carbocycles. The van der Waals surface area contributed by atoms with Gasteiger partial charge in [-0.05, 0) is 24.3 Å². The molecule has 2 heterocycles. The van der Waals surface area contributed by atoms with Crippen molar-refractivity contribution in [2.24, 2.45) is 0 Å². The molecule has 1 atom stereocenters. The van der Waals surface area contributed by atoms with Crippen LogP contribution in [0.3, 0.4) is 0 Å². The summed E-state index contributed by atoms with van der Waals surface area (Å²) in [6, 6.07) is 5.09. The maximum absolute atomic E-state index is 13.9. The number of fused-ring (bicyclic) bond motifs is 1. The fraction of sp³-hybridized carbons (Fsp3) is 0.143. The largest absolute Gasteiger partial charge is 0.374 e. The Labute approximate surface area is 134 Å². The Kier molecular flexibility index (Phi) is 3.53. The number of benzene rings is 1. The Balaban J connectivity index is 2.03. The maximum Gasteiger partial charge on any atom is 0.258 e. The number of hydrogen-bond donors (Lipinski definition) is 1. The van der Waals surface area contributed by atoms with E-state index in [1.165, 1.54) is 18.3 Å². The molecule has 1 amide bonds. The lowest BCUT2D eigenvalue weighted by molar-refractivity contribution is -0.0231. The molecule has 0 bridgehead atoms. The molecule has 0 saturated carbocycles. The lowest BCUT2D eigenvalue weighted by Gasteiger charge is -2.31. The van der Waals surface area contributed by atoms with Crippen molar-refractivity contribution in [3.63, 3.8) is 0 Å². The van der Waals surface area contributed by atoms with Crippen molar-refractivity contribution in [3.8, 4) is 0 Å². The van der Waals surface area contributed by atoms with E-state index in [9.17, 15) is 18.7 Å². The molecule has 8 heteroatoms. The number of nitrogens with zero attached hydrogens (tertiary/aromatic N) is 2. The summed E-state index contributed by atoms with van der Waals surface area (Å²) < 4.78 is 28.1. The topological polar surface area (TPSA) is 53.4 Å². The van der Waals surface area contributed by atoms with Crippen LogP contribution in [0, 0.1) is 11.6 Å². The van der Waals surface area contributed by atoms with Gasteiger partial charge in [0.05, 0.1) is 17.8 Å². The fourth-order valence-corrected chi connectivity index (χ4v) is 2.77. The Hall–Kier alpha value is -1.80. The first-order chi connectivity index (χ1) is 10.3. The van der Waals surface area contributed by atoms with Gasteiger partial charge in [0.25, 0.3) is 5.91 Å². The number of aliphatic hydroxyl groups is 1. The third-order valence-corrected chi connectivity index (χ3v) is 3.92. The Morgan fingerprint density at radius 2 is 2.00 bits per heavy atom. The van der Waals surface area contributed by atoms with Crippen molar-refractivity contribution in [1.29, 1.82) is 0 Å². The summed E-state index contributed by atoms with van der Waals surface area (Å²) in [5.74, 6) is -2.34. The average molecular weight is 365 g/mol. The first-order valence-corrected chi connectivity index (χ1v) is 7.04. The second kappa shape index (κ2) is 5.14. The monoisotopic (exact) mass is 364 g/mol. The van der Waals surface area contributed by atoms with E-state index in [4.69, 9.17) is 7.85 Å². The number of carbonyl (C=O) groups excluding carboxylic acids is 1. The van der Waals surface area contributed by atoms with Crippen molar-refractivity contribution < 1.29 is 18.7 Å². The number of carbonyl (C=O) groups is 1. The third kappa shape index (κ3) is 2.23. The minimum atomic E-state index is -2.22. The summed E-state index contributed by atoms with van der Waals surface area (Å²) in [4.78, 5) is 17.0. The van der Waals surface area contributed by atoms with Crippen molar-refractivity contribution in [2.75, 3.05) is 0 Å². The number of amides is 1.